The number of aliphatic hydroxyl groups excluding tert-OH is 1. The van der Waals surface area contributed by atoms with Crippen molar-refractivity contribution in [2.75, 3.05) is 26.2 Å². The molecule has 6 heteroatoms. The molecule has 3 atom stereocenters. The highest BCUT2D eigenvalue weighted by Gasteiger charge is 2.37. The van der Waals surface area contributed by atoms with Crippen LogP contribution in [0.25, 0.3) is 0 Å². The van der Waals surface area contributed by atoms with Gasteiger partial charge in [-0.2, -0.15) is 0 Å². The largest absolute Gasteiger partial charge is 0.388 e. The van der Waals surface area contributed by atoms with Gasteiger partial charge < -0.3 is 25.4 Å². The Kier molecular flexibility index (Phi) is 6.54. The van der Waals surface area contributed by atoms with Gasteiger partial charge in [0.1, 0.15) is 6.10 Å². The molecule has 0 aromatic rings. The van der Waals surface area contributed by atoms with E-state index in [9.17, 15) is 9.90 Å². The van der Waals surface area contributed by atoms with Crippen LogP contribution < -0.4 is 10.6 Å². The molecule has 0 spiro atoms. The normalized spacial score (nSPS) is 27.0. The number of ether oxygens (including phenoxy) is 1. The van der Waals surface area contributed by atoms with E-state index in [1.807, 2.05) is 13.8 Å². The highest BCUT2D eigenvalue weighted by Crippen LogP contribution is 2.15. The smallest absolute Gasteiger partial charge is 0.315 e. The van der Waals surface area contributed by atoms with Crippen LogP contribution in [0, 0.1) is 0 Å². The van der Waals surface area contributed by atoms with Crippen molar-refractivity contribution in [3.8, 4) is 0 Å². The first-order valence-electron chi connectivity index (χ1n) is 7.06. The van der Waals surface area contributed by atoms with E-state index in [1.54, 1.807) is 0 Å². The first kappa shape index (κ1) is 16.2. The predicted molar refractivity (Wildman–Crippen MR) is 74.1 cm³/mol. The Labute approximate surface area is 115 Å². The molecule has 112 valence electrons. The molecule has 1 aliphatic heterocycles. The van der Waals surface area contributed by atoms with Gasteiger partial charge in [0.15, 0.2) is 0 Å². The first-order valence-corrected chi connectivity index (χ1v) is 7.06. The standard InChI is InChI=1S/C13H27N3O3/c1-5-16(6-2)7-11-12(17)10(8-19-11)15-13(18)14-9(3)4/h9-12,17H,5-8H2,1-4H3,(H2,14,15,18)/t10-,11-,12+/m0/s1. The number of nitrogens with zero attached hydrogens (tertiary/aromatic N) is 1. The quantitative estimate of drug-likeness (QED) is 0.645. The Hall–Kier alpha value is -0.850. The van der Waals surface area contributed by atoms with Crippen molar-refractivity contribution >= 4 is 6.03 Å². The van der Waals surface area contributed by atoms with E-state index in [2.05, 4.69) is 29.4 Å². The fourth-order valence-corrected chi connectivity index (χ4v) is 2.18. The second kappa shape index (κ2) is 7.67. The van der Waals surface area contributed by atoms with Crippen LogP contribution in [-0.4, -0.2) is 66.6 Å². The van der Waals surface area contributed by atoms with Gasteiger partial charge in [-0.05, 0) is 26.9 Å². The molecule has 0 radical (unpaired) electrons. The molecule has 1 heterocycles. The van der Waals surface area contributed by atoms with Crippen LogP contribution in [0.1, 0.15) is 27.7 Å². The maximum absolute atomic E-state index is 11.6. The molecule has 0 unspecified atom stereocenters. The van der Waals surface area contributed by atoms with Crippen molar-refractivity contribution in [3.05, 3.63) is 0 Å². The van der Waals surface area contributed by atoms with Gasteiger partial charge in [-0.1, -0.05) is 13.8 Å². The average Bonchev–Trinajstić information content (AvgIpc) is 2.67. The number of hydrogen-bond donors (Lipinski definition) is 3. The third-order valence-electron chi connectivity index (χ3n) is 3.35. The second-order valence-electron chi connectivity index (χ2n) is 5.23. The lowest BCUT2D eigenvalue weighted by Gasteiger charge is -2.25. The summed E-state index contributed by atoms with van der Waals surface area (Å²) in [5, 5.41) is 15.7. The Morgan fingerprint density at radius 3 is 2.58 bits per heavy atom. The van der Waals surface area contributed by atoms with E-state index in [0.29, 0.717) is 13.2 Å². The molecule has 1 rings (SSSR count). The first-order chi connectivity index (χ1) is 8.97. The minimum Gasteiger partial charge on any atom is -0.388 e. The summed E-state index contributed by atoms with van der Waals surface area (Å²) in [7, 11) is 0. The number of carbonyl (C=O) groups excluding carboxylic acids is 1. The summed E-state index contributed by atoms with van der Waals surface area (Å²) >= 11 is 0. The maximum Gasteiger partial charge on any atom is 0.315 e. The van der Waals surface area contributed by atoms with E-state index in [1.165, 1.54) is 0 Å². The topological polar surface area (TPSA) is 73.8 Å². The molecule has 0 aromatic heterocycles. The summed E-state index contributed by atoms with van der Waals surface area (Å²) in [6.07, 6.45) is -0.886. The number of hydrogen-bond acceptors (Lipinski definition) is 4. The molecule has 0 bridgehead atoms. The van der Waals surface area contributed by atoms with Crippen molar-refractivity contribution in [2.45, 2.75) is 52.0 Å². The number of urea groups is 1. The minimum atomic E-state index is -0.654. The van der Waals surface area contributed by atoms with Crippen molar-refractivity contribution < 1.29 is 14.6 Å². The van der Waals surface area contributed by atoms with Crippen LogP contribution in [0.2, 0.25) is 0 Å². The fourth-order valence-electron chi connectivity index (χ4n) is 2.18. The summed E-state index contributed by atoms with van der Waals surface area (Å²) < 4.78 is 5.58. The van der Waals surface area contributed by atoms with E-state index in [0.717, 1.165) is 13.1 Å². The number of rotatable bonds is 6. The number of nitrogens with one attached hydrogen (secondary N) is 2. The lowest BCUT2D eigenvalue weighted by Crippen LogP contribution is -2.50. The molecule has 1 saturated heterocycles. The van der Waals surface area contributed by atoms with Crippen molar-refractivity contribution in [3.63, 3.8) is 0 Å². The molecule has 3 N–H and O–H groups in total. The minimum absolute atomic E-state index is 0.0749. The van der Waals surface area contributed by atoms with Crippen molar-refractivity contribution in [1.82, 2.24) is 15.5 Å². The molecule has 6 nitrogen and oxygen atoms in total. The van der Waals surface area contributed by atoms with Crippen LogP contribution in [-0.2, 0) is 4.74 Å². The number of aliphatic hydroxyl groups is 1. The van der Waals surface area contributed by atoms with Crippen LogP contribution in [0.3, 0.4) is 0 Å². The Morgan fingerprint density at radius 1 is 1.42 bits per heavy atom. The molecule has 0 saturated carbocycles. The maximum atomic E-state index is 11.6. The summed E-state index contributed by atoms with van der Waals surface area (Å²) in [5.41, 5.74) is 0. The van der Waals surface area contributed by atoms with E-state index >= 15 is 0 Å². The van der Waals surface area contributed by atoms with E-state index in [4.69, 9.17) is 4.74 Å². The van der Waals surface area contributed by atoms with E-state index in [-0.39, 0.29) is 24.2 Å². The van der Waals surface area contributed by atoms with Crippen LogP contribution in [0.5, 0.6) is 0 Å². The molecular weight excluding hydrogens is 246 g/mol. The predicted octanol–water partition coefficient (Wildman–Crippen LogP) is 0.164. The van der Waals surface area contributed by atoms with Gasteiger partial charge in [-0.15, -0.1) is 0 Å². The highest BCUT2D eigenvalue weighted by atomic mass is 16.5. The van der Waals surface area contributed by atoms with Crippen molar-refractivity contribution in [2.24, 2.45) is 0 Å². The zero-order chi connectivity index (χ0) is 14.4. The Morgan fingerprint density at radius 2 is 2.05 bits per heavy atom. The third kappa shape index (κ3) is 4.97. The van der Waals surface area contributed by atoms with Gasteiger partial charge in [-0.3, -0.25) is 0 Å². The number of amides is 2. The monoisotopic (exact) mass is 273 g/mol. The Balaban J connectivity index is 2.42. The van der Waals surface area contributed by atoms with Gasteiger partial charge in [0.25, 0.3) is 0 Å². The van der Waals surface area contributed by atoms with Gasteiger partial charge >= 0.3 is 6.03 Å². The molecule has 1 aliphatic rings. The van der Waals surface area contributed by atoms with Crippen molar-refractivity contribution in [1.29, 1.82) is 0 Å². The van der Waals surface area contributed by atoms with Crippen LogP contribution >= 0.6 is 0 Å². The Bertz CT molecular complexity index is 282. The average molecular weight is 273 g/mol. The molecule has 0 aromatic carbocycles. The van der Waals surface area contributed by atoms with Gasteiger partial charge in [-0.25, -0.2) is 4.79 Å². The fraction of sp³-hybridized carbons (Fsp3) is 0.923. The summed E-state index contributed by atoms with van der Waals surface area (Å²) in [6.45, 7) is 10.8. The molecule has 1 fully saturated rings. The summed E-state index contributed by atoms with van der Waals surface area (Å²) in [4.78, 5) is 13.8. The number of likely N-dealkylation sites (N-methyl/N-ethyl adjacent to an activating group) is 1. The zero-order valence-corrected chi connectivity index (χ0v) is 12.3. The number of carbonyl (C=O) groups is 1. The van der Waals surface area contributed by atoms with Gasteiger partial charge in [0.2, 0.25) is 0 Å². The highest BCUT2D eigenvalue weighted by molar-refractivity contribution is 5.74. The lowest BCUT2D eigenvalue weighted by atomic mass is 10.1. The van der Waals surface area contributed by atoms with E-state index < -0.39 is 6.10 Å². The van der Waals surface area contributed by atoms with Gasteiger partial charge in [0, 0.05) is 12.6 Å². The van der Waals surface area contributed by atoms with Gasteiger partial charge in [0.05, 0.1) is 18.8 Å². The van der Waals surface area contributed by atoms with Crippen LogP contribution in [0.15, 0.2) is 0 Å². The zero-order valence-electron chi connectivity index (χ0n) is 12.3. The lowest BCUT2D eigenvalue weighted by molar-refractivity contribution is 0.0173. The summed E-state index contributed by atoms with van der Waals surface area (Å²) in [5.74, 6) is 0. The third-order valence-corrected chi connectivity index (χ3v) is 3.35. The molecular formula is C13H27N3O3. The molecule has 0 aliphatic carbocycles. The molecule has 19 heavy (non-hydrogen) atoms. The summed E-state index contributed by atoms with van der Waals surface area (Å²) in [6, 6.07) is -0.517. The second-order valence-corrected chi connectivity index (χ2v) is 5.23. The van der Waals surface area contributed by atoms with Crippen LogP contribution in [0.4, 0.5) is 4.79 Å². The molecule has 2 amide bonds. The SMILES string of the molecule is CCN(CC)C[C@@H]1OC[C@H](NC(=O)NC(C)C)[C@H]1O.